The van der Waals surface area contributed by atoms with E-state index >= 15 is 0 Å². The first kappa shape index (κ1) is 9.34. The highest BCUT2D eigenvalue weighted by atomic mass is 16.1. The van der Waals surface area contributed by atoms with E-state index in [1.807, 2.05) is 0 Å². The molecule has 2 heteroatoms. The molecule has 0 bridgehead atoms. The van der Waals surface area contributed by atoms with Gasteiger partial charge in [0.05, 0.1) is 0 Å². The van der Waals surface area contributed by atoms with E-state index in [2.05, 4.69) is 18.6 Å². The molecule has 0 rings (SSSR count). The summed E-state index contributed by atoms with van der Waals surface area (Å²) in [6.45, 7) is 5.31. The molecule has 0 radical (unpaired) electrons. The minimum Gasteiger partial charge on any atom is -0.273 e. The monoisotopic (exact) mass is 141 g/mol. The maximum Gasteiger partial charge on any atom is 0.245 e. The van der Waals surface area contributed by atoms with Gasteiger partial charge in [0.2, 0.25) is 5.91 Å². The third-order valence-electron chi connectivity index (χ3n) is 1.42. The molecule has 2 nitrogen and oxygen atoms in total. The molecule has 0 atom stereocenters. The Balaban J connectivity index is 3.03. The van der Waals surface area contributed by atoms with E-state index in [0.717, 1.165) is 12.8 Å². The lowest BCUT2D eigenvalue weighted by Gasteiger charge is -1.93. The van der Waals surface area contributed by atoms with Crippen LogP contribution in [-0.4, -0.2) is 12.6 Å². The maximum absolute atomic E-state index is 10.5. The minimum atomic E-state index is -0.0731. The summed E-state index contributed by atoms with van der Waals surface area (Å²) in [6.07, 6.45) is 5.09. The first-order valence-electron chi connectivity index (χ1n) is 3.80. The molecule has 0 aromatic rings. The first-order valence-corrected chi connectivity index (χ1v) is 3.80. The van der Waals surface area contributed by atoms with Gasteiger partial charge in [-0.1, -0.05) is 26.2 Å². The average molecular weight is 141 g/mol. The second-order valence-corrected chi connectivity index (χ2v) is 2.36. The van der Waals surface area contributed by atoms with Gasteiger partial charge in [0.1, 0.15) is 0 Å². The van der Waals surface area contributed by atoms with Crippen LogP contribution in [0.1, 0.15) is 39.0 Å². The number of carbonyl (C=O) groups excluding carboxylic acids is 1. The third-order valence-corrected chi connectivity index (χ3v) is 1.42. The van der Waals surface area contributed by atoms with Crippen molar-refractivity contribution in [3.63, 3.8) is 0 Å². The Morgan fingerprint density at radius 2 is 2.10 bits per heavy atom. The fraction of sp³-hybridized carbons (Fsp3) is 0.750. The Morgan fingerprint density at radius 3 is 2.60 bits per heavy atom. The van der Waals surface area contributed by atoms with Crippen LogP contribution in [0.25, 0.3) is 0 Å². The van der Waals surface area contributed by atoms with Crippen LogP contribution in [0.2, 0.25) is 0 Å². The predicted octanol–water partition coefficient (Wildman–Crippen LogP) is 2.18. The third kappa shape index (κ3) is 5.48. The molecule has 0 aromatic heterocycles. The Morgan fingerprint density at radius 1 is 1.40 bits per heavy atom. The normalized spacial score (nSPS) is 9.30. The smallest absolute Gasteiger partial charge is 0.245 e. The highest BCUT2D eigenvalue weighted by Gasteiger charge is 1.94. The second kappa shape index (κ2) is 6.46. The molecule has 0 aliphatic carbocycles. The second-order valence-electron chi connectivity index (χ2n) is 2.36. The quantitative estimate of drug-likeness (QED) is 0.426. The van der Waals surface area contributed by atoms with Gasteiger partial charge in [0.15, 0.2) is 0 Å². The van der Waals surface area contributed by atoms with E-state index in [0.29, 0.717) is 6.42 Å². The highest BCUT2D eigenvalue weighted by Crippen LogP contribution is 2.02. The van der Waals surface area contributed by atoms with Crippen molar-refractivity contribution in [3.8, 4) is 0 Å². The molecular weight excluding hydrogens is 126 g/mol. The molecule has 0 spiro atoms. The summed E-state index contributed by atoms with van der Waals surface area (Å²) in [6, 6.07) is 0. The maximum atomic E-state index is 10.5. The summed E-state index contributed by atoms with van der Waals surface area (Å²) >= 11 is 0. The van der Waals surface area contributed by atoms with Crippen LogP contribution in [-0.2, 0) is 4.79 Å². The first-order chi connectivity index (χ1) is 4.81. The Bertz CT molecular complexity index is 110. The Kier molecular flexibility index (Phi) is 6.03. The van der Waals surface area contributed by atoms with E-state index in [1.165, 1.54) is 12.8 Å². The van der Waals surface area contributed by atoms with Crippen LogP contribution < -0.4 is 0 Å². The van der Waals surface area contributed by atoms with Crippen LogP contribution in [0.3, 0.4) is 0 Å². The molecule has 0 aliphatic heterocycles. The summed E-state index contributed by atoms with van der Waals surface area (Å²) in [5, 5.41) is 0. The Labute approximate surface area is 62.4 Å². The van der Waals surface area contributed by atoms with Gasteiger partial charge in [0.25, 0.3) is 0 Å². The minimum absolute atomic E-state index is 0.0731. The fourth-order valence-electron chi connectivity index (χ4n) is 0.782. The summed E-state index contributed by atoms with van der Waals surface area (Å²) in [7, 11) is 0. The van der Waals surface area contributed by atoms with Gasteiger partial charge in [0, 0.05) is 6.42 Å². The predicted molar refractivity (Wildman–Crippen MR) is 43.3 cm³/mol. The van der Waals surface area contributed by atoms with E-state index < -0.39 is 0 Å². The van der Waals surface area contributed by atoms with E-state index in [1.54, 1.807) is 0 Å². The molecule has 0 saturated carbocycles. The molecule has 0 aliphatic rings. The molecule has 58 valence electrons. The highest BCUT2D eigenvalue weighted by molar-refractivity contribution is 5.80. The number of rotatable bonds is 5. The van der Waals surface area contributed by atoms with Crippen molar-refractivity contribution in [3.05, 3.63) is 0 Å². The van der Waals surface area contributed by atoms with E-state index in [-0.39, 0.29) is 5.91 Å². The summed E-state index contributed by atoms with van der Waals surface area (Å²) < 4.78 is 0. The lowest BCUT2D eigenvalue weighted by Crippen LogP contribution is -1.90. The van der Waals surface area contributed by atoms with Crippen molar-refractivity contribution in [2.75, 3.05) is 0 Å². The standard InChI is InChI=1S/C8H15NO/c1-3-4-5-6-7-8(10)9-2/h2-7H2,1H3. The molecule has 0 aromatic carbocycles. The average Bonchev–Trinajstić information content (AvgIpc) is 1.98. The number of hydrogen-bond donors (Lipinski definition) is 0. The topological polar surface area (TPSA) is 29.4 Å². The van der Waals surface area contributed by atoms with Crippen molar-refractivity contribution in [1.82, 2.24) is 0 Å². The molecule has 0 heterocycles. The zero-order valence-electron chi connectivity index (χ0n) is 6.60. The summed E-state index contributed by atoms with van der Waals surface area (Å²) in [5.41, 5.74) is 0. The number of unbranched alkanes of at least 4 members (excludes halogenated alkanes) is 3. The molecule has 0 N–H and O–H groups in total. The molecule has 0 fully saturated rings. The number of carbonyl (C=O) groups is 1. The van der Waals surface area contributed by atoms with Crippen LogP contribution >= 0.6 is 0 Å². The van der Waals surface area contributed by atoms with Gasteiger partial charge in [-0.15, -0.1) is 0 Å². The fourth-order valence-corrected chi connectivity index (χ4v) is 0.782. The molecule has 0 saturated heterocycles. The van der Waals surface area contributed by atoms with E-state index in [9.17, 15) is 4.79 Å². The van der Waals surface area contributed by atoms with Crippen LogP contribution in [0, 0.1) is 0 Å². The van der Waals surface area contributed by atoms with E-state index in [4.69, 9.17) is 0 Å². The summed E-state index contributed by atoms with van der Waals surface area (Å²) in [4.78, 5) is 13.8. The van der Waals surface area contributed by atoms with Gasteiger partial charge in [-0.3, -0.25) is 4.79 Å². The lowest BCUT2D eigenvalue weighted by atomic mass is 10.1. The number of amides is 1. The van der Waals surface area contributed by atoms with Crippen LogP contribution in [0.5, 0.6) is 0 Å². The molecule has 10 heavy (non-hydrogen) atoms. The van der Waals surface area contributed by atoms with Gasteiger partial charge < -0.3 is 0 Å². The number of aliphatic imine (C=N–C) groups is 1. The lowest BCUT2D eigenvalue weighted by molar-refractivity contribution is -0.117. The summed E-state index contributed by atoms with van der Waals surface area (Å²) in [5.74, 6) is -0.0731. The zero-order valence-corrected chi connectivity index (χ0v) is 6.60. The SMILES string of the molecule is C=NC(=O)CCCCCC. The zero-order chi connectivity index (χ0) is 7.82. The molecular formula is C8H15NO. The van der Waals surface area contributed by atoms with Gasteiger partial charge in [-0.25, -0.2) is 4.99 Å². The van der Waals surface area contributed by atoms with Crippen molar-refractivity contribution in [2.24, 2.45) is 4.99 Å². The largest absolute Gasteiger partial charge is 0.273 e. The van der Waals surface area contributed by atoms with Crippen LogP contribution in [0.15, 0.2) is 4.99 Å². The van der Waals surface area contributed by atoms with Crippen molar-refractivity contribution in [2.45, 2.75) is 39.0 Å². The van der Waals surface area contributed by atoms with Crippen molar-refractivity contribution < 1.29 is 4.79 Å². The molecule has 1 amide bonds. The van der Waals surface area contributed by atoms with Crippen molar-refractivity contribution >= 4 is 12.6 Å². The van der Waals surface area contributed by atoms with Gasteiger partial charge in [-0.2, -0.15) is 0 Å². The molecule has 0 unspecified atom stereocenters. The van der Waals surface area contributed by atoms with Gasteiger partial charge in [-0.05, 0) is 13.1 Å². The van der Waals surface area contributed by atoms with Crippen LogP contribution in [0.4, 0.5) is 0 Å². The van der Waals surface area contributed by atoms with Crippen molar-refractivity contribution in [1.29, 1.82) is 0 Å². The Hall–Kier alpha value is -0.660. The number of nitrogens with zero attached hydrogens (tertiary/aromatic N) is 1. The van der Waals surface area contributed by atoms with Gasteiger partial charge >= 0.3 is 0 Å². The number of hydrogen-bond acceptors (Lipinski definition) is 1.